The van der Waals surface area contributed by atoms with Crippen LogP contribution in [-0.4, -0.2) is 51.5 Å². The minimum absolute atomic E-state index is 0.0720. The molecule has 0 bridgehead atoms. The maximum Gasteiger partial charge on any atom is 0.323 e. The lowest BCUT2D eigenvalue weighted by molar-refractivity contribution is -0.133. The fraction of sp³-hybridized carbons (Fsp3) is 0.500. The number of rotatable bonds is 5. The predicted molar refractivity (Wildman–Crippen MR) is 65.6 cm³/mol. The molecule has 0 saturated carbocycles. The van der Waals surface area contributed by atoms with Gasteiger partial charge in [-0.15, -0.1) is 10.2 Å². The third-order valence-corrected chi connectivity index (χ3v) is 3.72. The van der Waals surface area contributed by atoms with E-state index in [2.05, 4.69) is 15.5 Å². The number of nitrogens with one attached hydrogen (secondary N) is 1. The number of nitrogens with zero attached hydrogens (tertiary/aromatic N) is 3. The molecule has 0 atom stereocenters. The van der Waals surface area contributed by atoms with E-state index in [1.165, 1.54) is 4.90 Å². The molecule has 9 heteroatoms. The van der Waals surface area contributed by atoms with Crippen LogP contribution in [0, 0.1) is 0 Å². The van der Waals surface area contributed by atoms with Crippen LogP contribution in [0.5, 0.6) is 0 Å². The minimum Gasteiger partial charge on any atom is -0.481 e. The second-order valence-corrected chi connectivity index (χ2v) is 5.20. The second-order valence-electron chi connectivity index (χ2n) is 3.00. The zero-order valence-corrected chi connectivity index (χ0v) is 11.0. The van der Waals surface area contributed by atoms with Gasteiger partial charge in [0.25, 0.3) is 0 Å². The van der Waals surface area contributed by atoms with Crippen molar-refractivity contribution in [3.8, 4) is 0 Å². The molecule has 0 aliphatic rings. The van der Waals surface area contributed by atoms with Gasteiger partial charge in [0.2, 0.25) is 5.13 Å². The van der Waals surface area contributed by atoms with Crippen LogP contribution >= 0.6 is 23.1 Å². The van der Waals surface area contributed by atoms with Gasteiger partial charge in [-0.05, 0) is 6.92 Å². The van der Waals surface area contributed by atoms with Gasteiger partial charge in [0.1, 0.15) is 0 Å². The maximum absolute atomic E-state index is 11.5. The van der Waals surface area contributed by atoms with Gasteiger partial charge in [-0.3, -0.25) is 10.1 Å². The Morgan fingerprint density at radius 2 is 2.24 bits per heavy atom. The zero-order chi connectivity index (χ0) is 12.8. The van der Waals surface area contributed by atoms with Crippen LogP contribution in [0.3, 0.4) is 0 Å². The molecule has 2 N–H and O–H groups in total. The van der Waals surface area contributed by atoms with Gasteiger partial charge in [-0.1, -0.05) is 23.1 Å². The van der Waals surface area contributed by atoms with Crippen molar-refractivity contribution < 1.29 is 14.7 Å². The molecule has 0 aromatic carbocycles. The average molecular weight is 276 g/mol. The summed E-state index contributed by atoms with van der Waals surface area (Å²) in [6.07, 6.45) is 0. The number of hydrogen-bond donors (Lipinski definition) is 2. The molecular weight excluding hydrogens is 264 g/mol. The van der Waals surface area contributed by atoms with Gasteiger partial charge < -0.3 is 10.0 Å². The lowest BCUT2D eigenvalue weighted by Crippen LogP contribution is -2.30. The number of amides is 2. The summed E-state index contributed by atoms with van der Waals surface area (Å²) in [7, 11) is 1.66. The average Bonchev–Trinajstić information content (AvgIpc) is 2.73. The van der Waals surface area contributed by atoms with Crippen LogP contribution in [0.1, 0.15) is 6.92 Å². The molecule has 0 fully saturated rings. The van der Waals surface area contributed by atoms with Crippen molar-refractivity contribution in [2.45, 2.75) is 11.3 Å². The number of carboxylic acid groups (broad SMARTS) is 1. The fourth-order valence-corrected chi connectivity index (χ4v) is 2.23. The van der Waals surface area contributed by atoms with Crippen LogP contribution in [0.2, 0.25) is 0 Å². The van der Waals surface area contributed by atoms with Crippen LogP contribution in [0.15, 0.2) is 4.34 Å². The van der Waals surface area contributed by atoms with Gasteiger partial charge in [0.15, 0.2) is 4.34 Å². The lowest BCUT2D eigenvalue weighted by atomic mass is 10.6. The Balaban J connectivity index is 2.50. The quantitative estimate of drug-likeness (QED) is 0.619. The highest BCUT2D eigenvalue weighted by atomic mass is 32.2. The van der Waals surface area contributed by atoms with Crippen molar-refractivity contribution in [1.29, 1.82) is 0 Å². The number of carboxylic acids is 1. The number of urea groups is 1. The zero-order valence-electron chi connectivity index (χ0n) is 9.34. The number of aromatic nitrogens is 2. The lowest BCUT2D eigenvalue weighted by Gasteiger charge is -2.13. The van der Waals surface area contributed by atoms with Crippen LogP contribution in [0.4, 0.5) is 9.93 Å². The summed E-state index contributed by atoms with van der Waals surface area (Å²) in [5, 5.41) is 18.9. The topological polar surface area (TPSA) is 95.4 Å². The normalized spacial score (nSPS) is 10.0. The molecule has 0 radical (unpaired) electrons. The smallest absolute Gasteiger partial charge is 0.323 e. The van der Waals surface area contributed by atoms with Gasteiger partial charge >= 0.3 is 12.0 Å². The van der Waals surface area contributed by atoms with Gasteiger partial charge in [0, 0.05) is 13.6 Å². The third-order valence-electron chi connectivity index (χ3n) is 1.76. The van der Waals surface area contributed by atoms with Crippen LogP contribution in [0.25, 0.3) is 0 Å². The van der Waals surface area contributed by atoms with E-state index < -0.39 is 5.97 Å². The number of hydrogen-bond acceptors (Lipinski definition) is 6. The van der Waals surface area contributed by atoms with E-state index in [0.29, 0.717) is 16.0 Å². The van der Waals surface area contributed by atoms with E-state index in [1.807, 2.05) is 6.92 Å². The summed E-state index contributed by atoms with van der Waals surface area (Å²) in [5.74, 6) is -0.987. The Bertz CT molecular complexity index is 409. The Labute approximate surface area is 106 Å². The Morgan fingerprint density at radius 3 is 2.82 bits per heavy atom. The number of thioether (sulfide) groups is 1. The second kappa shape index (κ2) is 6.40. The van der Waals surface area contributed by atoms with Gasteiger partial charge in [-0.25, -0.2) is 4.79 Å². The molecule has 1 heterocycles. The van der Waals surface area contributed by atoms with E-state index in [4.69, 9.17) is 5.11 Å². The van der Waals surface area contributed by atoms with Crippen molar-refractivity contribution in [1.82, 2.24) is 15.1 Å². The molecular formula is C8H12N4O3S2. The first-order valence-electron chi connectivity index (χ1n) is 4.73. The fourth-order valence-electron chi connectivity index (χ4n) is 0.773. The Hall–Kier alpha value is -1.35. The first kappa shape index (κ1) is 13.7. The molecule has 0 aliphatic carbocycles. The van der Waals surface area contributed by atoms with E-state index in [1.54, 1.807) is 7.05 Å². The van der Waals surface area contributed by atoms with Crippen molar-refractivity contribution in [2.75, 3.05) is 24.7 Å². The Kier molecular flexibility index (Phi) is 5.16. The van der Waals surface area contributed by atoms with Gasteiger partial charge in [-0.2, -0.15) is 0 Å². The summed E-state index contributed by atoms with van der Waals surface area (Å²) in [4.78, 5) is 23.3. The number of carbonyl (C=O) groups excluding carboxylic acids is 1. The van der Waals surface area contributed by atoms with Crippen molar-refractivity contribution in [3.63, 3.8) is 0 Å². The number of anilines is 1. The number of carbonyl (C=O) groups is 2. The highest BCUT2D eigenvalue weighted by Gasteiger charge is 2.11. The largest absolute Gasteiger partial charge is 0.481 e. The molecule has 7 nitrogen and oxygen atoms in total. The van der Waals surface area contributed by atoms with Crippen molar-refractivity contribution >= 4 is 40.2 Å². The first-order chi connectivity index (χ1) is 8.02. The molecule has 0 saturated heterocycles. The third kappa shape index (κ3) is 4.57. The summed E-state index contributed by atoms with van der Waals surface area (Å²) < 4.78 is 0.516. The highest BCUT2D eigenvalue weighted by molar-refractivity contribution is 8.01. The SMILES string of the molecule is CCN(C)C(=O)Nc1nnc(SCC(=O)O)s1. The molecule has 1 aromatic rings. The van der Waals surface area contributed by atoms with Crippen LogP contribution in [-0.2, 0) is 4.79 Å². The molecule has 0 aliphatic heterocycles. The molecule has 2 amide bonds. The molecule has 1 rings (SSSR count). The summed E-state index contributed by atoms with van der Waals surface area (Å²) in [5.41, 5.74) is 0. The summed E-state index contributed by atoms with van der Waals surface area (Å²) in [6, 6.07) is -0.265. The molecule has 0 spiro atoms. The Morgan fingerprint density at radius 1 is 1.53 bits per heavy atom. The molecule has 94 valence electrons. The summed E-state index contributed by atoms with van der Waals surface area (Å²) >= 11 is 2.22. The van der Waals surface area contributed by atoms with Crippen molar-refractivity contribution in [2.24, 2.45) is 0 Å². The van der Waals surface area contributed by atoms with Gasteiger partial charge in [0.05, 0.1) is 5.75 Å². The van der Waals surface area contributed by atoms with Crippen molar-refractivity contribution in [3.05, 3.63) is 0 Å². The summed E-state index contributed by atoms with van der Waals surface area (Å²) in [6.45, 7) is 2.44. The molecule has 17 heavy (non-hydrogen) atoms. The van der Waals surface area contributed by atoms with Crippen LogP contribution < -0.4 is 5.32 Å². The predicted octanol–water partition coefficient (Wildman–Crippen LogP) is 1.20. The van der Waals surface area contributed by atoms with E-state index in [9.17, 15) is 9.59 Å². The first-order valence-corrected chi connectivity index (χ1v) is 6.53. The van der Waals surface area contributed by atoms with E-state index in [0.717, 1.165) is 23.1 Å². The number of aliphatic carboxylic acids is 1. The molecule has 0 unspecified atom stereocenters. The molecule has 1 aromatic heterocycles. The monoisotopic (exact) mass is 276 g/mol. The van der Waals surface area contributed by atoms with E-state index >= 15 is 0 Å². The maximum atomic E-state index is 11.5. The standard InChI is InChI=1S/C8H12N4O3S2/c1-3-12(2)7(15)9-6-10-11-8(17-6)16-4-5(13)14/h3-4H2,1-2H3,(H,13,14)(H,9,10,15). The van der Waals surface area contributed by atoms with E-state index in [-0.39, 0.29) is 11.8 Å². The highest BCUT2D eigenvalue weighted by Crippen LogP contribution is 2.25. The minimum atomic E-state index is -0.915.